The minimum Gasteiger partial charge on any atom is -0.405 e. The summed E-state index contributed by atoms with van der Waals surface area (Å²) in [6.07, 6.45) is 0. The zero-order valence-corrected chi connectivity index (χ0v) is 26.1. The van der Waals surface area contributed by atoms with Gasteiger partial charge >= 0.3 is 13.4 Å². The van der Waals surface area contributed by atoms with Crippen LogP contribution in [0.4, 0.5) is 5.95 Å². The number of nitriles is 1. The van der Waals surface area contributed by atoms with Gasteiger partial charge in [0.1, 0.15) is 6.07 Å². The van der Waals surface area contributed by atoms with Crippen LogP contribution in [0.5, 0.6) is 5.88 Å². The molecule has 0 spiro atoms. The zero-order valence-electron chi connectivity index (χ0n) is 22.7. The van der Waals surface area contributed by atoms with E-state index in [-0.39, 0.29) is 5.71 Å². The molecule has 0 aliphatic heterocycles. The van der Waals surface area contributed by atoms with Crippen molar-refractivity contribution in [1.29, 1.82) is 5.26 Å². The fraction of sp³-hybridized carbons (Fsp3) is 0.478. The lowest BCUT2D eigenvalue weighted by atomic mass is 10.1. The van der Waals surface area contributed by atoms with Gasteiger partial charge in [-0.2, -0.15) is 10.2 Å². The first-order chi connectivity index (χ1) is 18.1. The van der Waals surface area contributed by atoms with E-state index in [1.807, 2.05) is 49.9 Å². The van der Waals surface area contributed by atoms with Crippen LogP contribution in [0.3, 0.4) is 0 Å². The molecular weight excluding hydrogens is 568 g/mol. The van der Waals surface area contributed by atoms with Crippen molar-refractivity contribution in [3.8, 4) is 11.9 Å². The van der Waals surface area contributed by atoms with Crippen LogP contribution in [0.25, 0.3) is 0 Å². The SMILES string of the molecule is CCN(CC)c1nc(C)cc(OP(=S)(OC)OC)n1.CCOP(=S)(OCC)O/N=C(/C#N)c1ccccc1. The van der Waals surface area contributed by atoms with Gasteiger partial charge in [-0.3, -0.25) is 9.05 Å². The molecular formula is C23H35N5O6P2S2. The Morgan fingerprint density at radius 3 is 2.03 bits per heavy atom. The summed E-state index contributed by atoms with van der Waals surface area (Å²) >= 11 is 10.3. The molecule has 11 nitrogen and oxygen atoms in total. The topological polar surface area (TPSA) is 121 Å². The molecule has 0 radical (unpaired) electrons. The molecule has 0 unspecified atom stereocenters. The van der Waals surface area contributed by atoms with E-state index < -0.39 is 13.4 Å². The smallest absolute Gasteiger partial charge is 0.402 e. The van der Waals surface area contributed by atoms with Gasteiger partial charge in [-0.05, 0) is 34.6 Å². The molecule has 0 N–H and O–H groups in total. The quantitative estimate of drug-likeness (QED) is 0.148. The minimum absolute atomic E-state index is 0.134. The number of oxime groups is 1. The normalized spacial score (nSPS) is 11.7. The minimum atomic E-state index is -2.91. The number of hydrogen-bond acceptors (Lipinski definition) is 13. The first-order valence-electron chi connectivity index (χ1n) is 11.8. The van der Waals surface area contributed by atoms with E-state index in [0.29, 0.717) is 30.6 Å². The van der Waals surface area contributed by atoms with Gasteiger partial charge in [-0.1, -0.05) is 35.5 Å². The van der Waals surface area contributed by atoms with E-state index in [9.17, 15) is 0 Å². The molecule has 210 valence electrons. The molecule has 0 fully saturated rings. The number of rotatable bonds is 14. The average Bonchev–Trinajstić information content (AvgIpc) is 2.90. The fourth-order valence-corrected chi connectivity index (χ4v) is 5.27. The van der Waals surface area contributed by atoms with Crippen LogP contribution in [0.2, 0.25) is 0 Å². The van der Waals surface area contributed by atoms with E-state index in [2.05, 4.69) is 15.1 Å². The summed E-state index contributed by atoms with van der Waals surface area (Å²) in [6.45, 7) is 6.23. The van der Waals surface area contributed by atoms with Crippen LogP contribution < -0.4 is 9.42 Å². The van der Waals surface area contributed by atoms with Crippen LogP contribution >= 0.6 is 13.4 Å². The van der Waals surface area contributed by atoms with Crippen LogP contribution in [0.1, 0.15) is 39.0 Å². The third-order valence-corrected chi connectivity index (χ3v) is 9.16. The highest BCUT2D eigenvalue weighted by molar-refractivity contribution is 8.08. The molecule has 0 atom stereocenters. The maximum absolute atomic E-state index is 9.07. The molecule has 1 aromatic heterocycles. The molecule has 0 aliphatic rings. The van der Waals surface area contributed by atoms with Gasteiger partial charge in [-0.25, -0.2) is 4.98 Å². The number of hydrogen-bond donors (Lipinski definition) is 0. The van der Waals surface area contributed by atoms with Gasteiger partial charge in [0.05, 0.1) is 13.2 Å². The van der Waals surface area contributed by atoms with Crippen LogP contribution in [0, 0.1) is 18.3 Å². The fourth-order valence-electron chi connectivity index (χ4n) is 2.71. The molecule has 2 aromatic rings. The second kappa shape index (κ2) is 17.6. The monoisotopic (exact) mass is 603 g/mol. The zero-order chi connectivity index (χ0) is 28.6. The van der Waals surface area contributed by atoms with Crippen molar-refractivity contribution < 1.29 is 27.2 Å². The number of nitrogens with zero attached hydrogens (tertiary/aromatic N) is 5. The van der Waals surface area contributed by atoms with Crippen molar-refractivity contribution in [1.82, 2.24) is 9.97 Å². The second-order valence-corrected chi connectivity index (χ2v) is 13.1. The predicted molar refractivity (Wildman–Crippen MR) is 156 cm³/mol. The van der Waals surface area contributed by atoms with E-state index in [0.717, 1.165) is 18.8 Å². The maximum Gasteiger partial charge on any atom is 0.402 e. The largest absolute Gasteiger partial charge is 0.405 e. The van der Waals surface area contributed by atoms with Crippen LogP contribution in [0.15, 0.2) is 41.6 Å². The lowest BCUT2D eigenvalue weighted by Crippen LogP contribution is -2.24. The molecule has 15 heteroatoms. The lowest BCUT2D eigenvalue weighted by Gasteiger charge is -2.21. The standard InChI is InChI=1S/C12H15N2O3PS.C11H20N3O3PS/c1-3-15-18(19,16-4-2)17-14-12(10-13)11-8-6-5-7-9-11;1-6-14(7-2)11-12-9(3)8-10(13-11)17-18(19,15-4)16-5/h5-9H,3-4H2,1-2H3;8H,6-7H2,1-5H3/b14-12-;. The van der Waals surface area contributed by atoms with E-state index >= 15 is 0 Å². The van der Waals surface area contributed by atoms with Crippen molar-refractivity contribution in [3.63, 3.8) is 0 Å². The third kappa shape index (κ3) is 11.4. The van der Waals surface area contributed by atoms with Crippen molar-refractivity contribution >= 4 is 48.7 Å². The van der Waals surface area contributed by atoms with Crippen LogP contribution in [-0.2, 0) is 46.3 Å². The van der Waals surface area contributed by atoms with E-state index in [1.54, 1.807) is 32.0 Å². The molecule has 2 rings (SSSR count). The summed E-state index contributed by atoms with van der Waals surface area (Å²) < 4.78 is 31.4. The van der Waals surface area contributed by atoms with E-state index in [1.165, 1.54) is 14.2 Å². The summed E-state index contributed by atoms with van der Waals surface area (Å²) in [7, 11) is 2.92. The lowest BCUT2D eigenvalue weighted by molar-refractivity contribution is 0.172. The van der Waals surface area contributed by atoms with Gasteiger partial charge in [0.15, 0.2) is 5.71 Å². The third-order valence-electron chi connectivity index (χ3n) is 4.48. The molecule has 1 heterocycles. The first kappa shape index (κ1) is 34.0. The second-order valence-electron chi connectivity index (χ2n) is 7.01. The Kier molecular flexibility index (Phi) is 15.7. The maximum atomic E-state index is 9.07. The first-order valence-corrected chi connectivity index (χ1v) is 16.9. The van der Waals surface area contributed by atoms with Crippen molar-refractivity contribution in [2.75, 3.05) is 45.4 Å². The summed E-state index contributed by atoms with van der Waals surface area (Å²) in [4.78, 5) is 10.8. The van der Waals surface area contributed by atoms with Crippen LogP contribution in [-0.4, -0.2) is 56.2 Å². The molecule has 0 bridgehead atoms. The molecule has 1 aromatic carbocycles. The Balaban J connectivity index is 0.000000380. The van der Waals surface area contributed by atoms with Crippen molar-refractivity contribution in [2.24, 2.45) is 5.16 Å². The van der Waals surface area contributed by atoms with Crippen molar-refractivity contribution in [2.45, 2.75) is 34.6 Å². The molecule has 38 heavy (non-hydrogen) atoms. The van der Waals surface area contributed by atoms with E-state index in [4.69, 9.17) is 56.1 Å². The Morgan fingerprint density at radius 2 is 1.55 bits per heavy atom. The number of anilines is 1. The highest BCUT2D eigenvalue weighted by atomic mass is 32.5. The Hall–Kier alpha value is -2.00. The van der Waals surface area contributed by atoms with Gasteiger partial charge < -0.3 is 23.1 Å². The predicted octanol–water partition coefficient (Wildman–Crippen LogP) is 5.76. The Bertz CT molecular complexity index is 1140. The average molecular weight is 604 g/mol. The summed E-state index contributed by atoms with van der Waals surface area (Å²) in [6, 6.07) is 12.7. The molecule has 0 saturated heterocycles. The molecule has 0 amide bonds. The van der Waals surface area contributed by atoms with Gasteiger partial charge in [0.2, 0.25) is 11.8 Å². The Morgan fingerprint density at radius 1 is 0.974 bits per heavy atom. The highest BCUT2D eigenvalue weighted by Crippen LogP contribution is 2.50. The molecule has 0 saturated carbocycles. The molecule has 0 aliphatic carbocycles. The number of benzene rings is 1. The number of aryl methyl sites for hydroxylation is 1. The summed E-state index contributed by atoms with van der Waals surface area (Å²) in [5.41, 5.74) is 1.59. The number of aromatic nitrogens is 2. The van der Waals surface area contributed by atoms with Gasteiger partial charge in [-0.15, -0.1) is 0 Å². The Labute approximate surface area is 235 Å². The highest BCUT2D eigenvalue weighted by Gasteiger charge is 2.22. The van der Waals surface area contributed by atoms with Gasteiger partial charge in [0.25, 0.3) is 0 Å². The summed E-state index contributed by atoms with van der Waals surface area (Å²) in [5, 5.41) is 12.8. The summed E-state index contributed by atoms with van der Waals surface area (Å²) in [5.74, 6) is 0.996. The van der Waals surface area contributed by atoms with Crippen molar-refractivity contribution in [3.05, 3.63) is 47.7 Å². The van der Waals surface area contributed by atoms with Gasteiger partial charge in [0, 0.05) is 68.2 Å².